The quantitative estimate of drug-likeness (QED) is 0.402. The summed E-state index contributed by atoms with van der Waals surface area (Å²) in [6.07, 6.45) is 1.83. The monoisotopic (exact) mass is 448 g/mol. The molecule has 0 bridgehead atoms. The third kappa shape index (κ3) is 5.19. The Hall–Kier alpha value is -3.02. The van der Waals surface area contributed by atoms with E-state index in [2.05, 4.69) is 0 Å². The number of para-hydroxylation sites is 1. The van der Waals surface area contributed by atoms with Crippen LogP contribution >= 0.6 is 23.4 Å². The molecule has 0 aromatic heterocycles. The van der Waals surface area contributed by atoms with Crippen LogP contribution in [0, 0.1) is 0 Å². The first-order valence-electron chi connectivity index (χ1n) is 9.95. The van der Waals surface area contributed by atoms with Crippen molar-refractivity contribution in [3.63, 3.8) is 0 Å². The van der Waals surface area contributed by atoms with Crippen molar-refractivity contribution in [1.82, 2.24) is 4.90 Å². The van der Waals surface area contributed by atoms with Crippen LogP contribution in [0.4, 0.5) is 5.69 Å². The van der Waals surface area contributed by atoms with Crippen molar-refractivity contribution < 1.29 is 9.53 Å². The zero-order valence-electron chi connectivity index (χ0n) is 17.0. The predicted octanol–water partition coefficient (Wildman–Crippen LogP) is 6.54. The number of aliphatic imine (C=N–C) groups is 1. The third-order valence-electron chi connectivity index (χ3n) is 4.61. The number of amides is 1. The SMILES string of the molecule is CCOc1ccc(Cl)cc1/C=C1\SC(=Nc2ccccc2)N(Cc2ccccc2)C1=O. The lowest BCUT2D eigenvalue weighted by molar-refractivity contribution is -0.122. The Kier molecular flexibility index (Phi) is 6.75. The van der Waals surface area contributed by atoms with E-state index in [0.717, 1.165) is 16.8 Å². The maximum atomic E-state index is 13.4. The van der Waals surface area contributed by atoms with Crippen molar-refractivity contribution in [1.29, 1.82) is 0 Å². The van der Waals surface area contributed by atoms with Crippen molar-refractivity contribution in [3.8, 4) is 5.75 Å². The van der Waals surface area contributed by atoms with Gasteiger partial charge in [-0.05, 0) is 60.7 Å². The summed E-state index contributed by atoms with van der Waals surface area (Å²) in [6, 6.07) is 25.0. The molecule has 31 heavy (non-hydrogen) atoms. The molecule has 1 saturated heterocycles. The van der Waals surface area contributed by atoms with Gasteiger partial charge in [0, 0.05) is 10.6 Å². The molecule has 0 spiro atoms. The van der Waals surface area contributed by atoms with Gasteiger partial charge < -0.3 is 4.74 Å². The molecular weight excluding hydrogens is 428 g/mol. The Morgan fingerprint density at radius 2 is 1.74 bits per heavy atom. The van der Waals surface area contributed by atoms with E-state index in [4.69, 9.17) is 21.3 Å². The fourth-order valence-corrected chi connectivity index (χ4v) is 4.34. The van der Waals surface area contributed by atoms with E-state index >= 15 is 0 Å². The molecule has 3 aromatic carbocycles. The predicted molar refractivity (Wildman–Crippen MR) is 129 cm³/mol. The molecule has 1 amide bonds. The van der Waals surface area contributed by atoms with Crippen molar-refractivity contribution in [3.05, 3.63) is 99.9 Å². The molecule has 0 atom stereocenters. The van der Waals surface area contributed by atoms with E-state index in [0.29, 0.717) is 34.0 Å². The Labute approximate surface area is 191 Å². The highest BCUT2D eigenvalue weighted by molar-refractivity contribution is 8.18. The third-order valence-corrected chi connectivity index (χ3v) is 5.85. The number of amidine groups is 1. The second kappa shape index (κ2) is 9.86. The van der Waals surface area contributed by atoms with Crippen LogP contribution in [0.15, 0.2) is 88.8 Å². The van der Waals surface area contributed by atoms with Gasteiger partial charge in [0.15, 0.2) is 5.17 Å². The number of thioether (sulfide) groups is 1. The van der Waals surface area contributed by atoms with Gasteiger partial charge in [-0.1, -0.05) is 60.1 Å². The maximum absolute atomic E-state index is 13.4. The van der Waals surface area contributed by atoms with Crippen molar-refractivity contribution in [2.24, 2.45) is 4.99 Å². The molecular formula is C25H21ClN2O2S. The molecule has 0 N–H and O–H groups in total. The van der Waals surface area contributed by atoms with E-state index < -0.39 is 0 Å². The van der Waals surface area contributed by atoms with Crippen LogP contribution in [0.3, 0.4) is 0 Å². The molecule has 1 aliphatic rings. The summed E-state index contributed by atoms with van der Waals surface area (Å²) >= 11 is 7.56. The molecule has 1 heterocycles. The lowest BCUT2D eigenvalue weighted by Gasteiger charge is -2.15. The molecule has 4 nitrogen and oxygen atoms in total. The van der Waals surface area contributed by atoms with Gasteiger partial charge in [-0.15, -0.1) is 0 Å². The van der Waals surface area contributed by atoms with E-state index in [-0.39, 0.29) is 5.91 Å². The van der Waals surface area contributed by atoms with Crippen LogP contribution < -0.4 is 4.74 Å². The van der Waals surface area contributed by atoms with Crippen LogP contribution in [-0.2, 0) is 11.3 Å². The molecule has 0 saturated carbocycles. The number of hydrogen-bond acceptors (Lipinski definition) is 4. The molecule has 0 radical (unpaired) electrons. The molecule has 4 rings (SSSR count). The van der Waals surface area contributed by atoms with E-state index in [9.17, 15) is 4.79 Å². The smallest absolute Gasteiger partial charge is 0.267 e. The van der Waals surface area contributed by atoms with Gasteiger partial charge in [-0.2, -0.15) is 0 Å². The van der Waals surface area contributed by atoms with Crippen LogP contribution in [0.5, 0.6) is 5.75 Å². The largest absolute Gasteiger partial charge is 0.493 e. The van der Waals surface area contributed by atoms with Gasteiger partial charge in [-0.25, -0.2) is 4.99 Å². The normalized spacial score (nSPS) is 16.3. The van der Waals surface area contributed by atoms with Crippen LogP contribution in [0.25, 0.3) is 6.08 Å². The number of benzene rings is 3. The number of carbonyl (C=O) groups excluding carboxylic acids is 1. The molecule has 0 aliphatic carbocycles. The number of ether oxygens (including phenoxy) is 1. The zero-order valence-corrected chi connectivity index (χ0v) is 18.6. The molecule has 0 unspecified atom stereocenters. The number of rotatable bonds is 6. The minimum absolute atomic E-state index is 0.0917. The van der Waals surface area contributed by atoms with Gasteiger partial charge in [0.25, 0.3) is 5.91 Å². The number of halogens is 1. The van der Waals surface area contributed by atoms with E-state index in [1.165, 1.54) is 11.8 Å². The van der Waals surface area contributed by atoms with Crippen molar-refractivity contribution in [2.75, 3.05) is 6.61 Å². The Morgan fingerprint density at radius 3 is 2.45 bits per heavy atom. The molecule has 3 aromatic rings. The van der Waals surface area contributed by atoms with Gasteiger partial charge >= 0.3 is 0 Å². The number of carbonyl (C=O) groups is 1. The summed E-state index contributed by atoms with van der Waals surface area (Å²) < 4.78 is 5.71. The molecule has 156 valence electrons. The van der Waals surface area contributed by atoms with Gasteiger partial charge in [0.05, 0.1) is 23.7 Å². The zero-order chi connectivity index (χ0) is 21.6. The second-order valence-electron chi connectivity index (χ2n) is 6.83. The first-order valence-corrected chi connectivity index (χ1v) is 11.1. The number of nitrogens with zero attached hydrogens (tertiary/aromatic N) is 2. The maximum Gasteiger partial charge on any atom is 0.267 e. The lowest BCUT2D eigenvalue weighted by Crippen LogP contribution is -2.28. The highest BCUT2D eigenvalue weighted by Gasteiger charge is 2.33. The first-order chi connectivity index (χ1) is 15.1. The summed E-state index contributed by atoms with van der Waals surface area (Å²) in [5.74, 6) is 0.599. The fraction of sp³-hybridized carbons (Fsp3) is 0.120. The Bertz CT molecular complexity index is 1130. The van der Waals surface area contributed by atoms with Crippen molar-refractivity contribution in [2.45, 2.75) is 13.5 Å². The lowest BCUT2D eigenvalue weighted by atomic mass is 10.1. The van der Waals surface area contributed by atoms with Crippen LogP contribution in [0.1, 0.15) is 18.1 Å². The topological polar surface area (TPSA) is 41.9 Å². The average Bonchev–Trinajstić information content (AvgIpc) is 3.06. The summed E-state index contributed by atoms with van der Waals surface area (Å²) in [7, 11) is 0. The van der Waals surface area contributed by atoms with Crippen LogP contribution in [-0.4, -0.2) is 22.6 Å². The van der Waals surface area contributed by atoms with Gasteiger partial charge in [-0.3, -0.25) is 9.69 Å². The summed E-state index contributed by atoms with van der Waals surface area (Å²) in [5.41, 5.74) is 2.61. The Morgan fingerprint density at radius 1 is 1.03 bits per heavy atom. The second-order valence-corrected chi connectivity index (χ2v) is 8.28. The van der Waals surface area contributed by atoms with Gasteiger partial charge in [0.2, 0.25) is 0 Å². The fourth-order valence-electron chi connectivity index (χ4n) is 3.17. The minimum atomic E-state index is -0.0917. The first kappa shape index (κ1) is 21.2. The average molecular weight is 449 g/mol. The highest BCUT2D eigenvalue weighted by atomic mass is 35.5. The molecule has 6 heteroatoms. The molecule has 1 aliphatic heterocycles. The molecule has 1 fully saturated rings. The Balaban J connectivity index is 1.72. The minimum Gasteiger partial charge on any atom is -0.493 e. The van der Waals surface area contributed by atoms with Crippen molar-refractivity contribution >= 4 is 46.2 Å². The van der Waals surface area contributed by atoms with Crippen LogP contribution in [0.2, 0.25) is 5.02 Å². The number of hydrogen-bond donors (Lipinski definition) is 0. The standard InChI is InChI=1S/C25H21ClN2O2S/c1-2-30-22-14-13-20(26)15-19(22)16-23-24(29)28(17-18-9-5-3-6-10-18)25(31-23)27-21-11-7-4-8-12-21/h3-16H,2,17H2,1H3/b23-16-,27-25?. The summed E-state index contributed by atoms with van der Waals surface area (Å²) in [4.78, 5) is 20.4. The highest BCUT2D eigenvalue weighted by Crippen LogP contribution is 2.37. The van der Waals surface area contributed by atoms with Gasteiger partial charge in [0.1, 0.15) is 5.75 Å². The summed E-state index contributed by atoms with van der Waals surface area (Å²) in [6.45, 7) is 2.90. The summed E-state index contributed by atoms with van der Waals surface area (Å²) in [5, 5.41) is 1.23. The van der Waals surface area contributed by atoms with E-state index in [1.807, 2.05) is 79.7 Å². The van der Waals surface area contributed by atoms with E-state index in [1.54, 1.807) is 17.0 Å².